The van der Waals surface area contributed by atoms with E-state index in [1.165, 1.54) is 35.2 Å². The average Bonchev–Trinajstić information content (AvgIpc) is 2.67. The van der Waals surface area contributed by atoms with Crippen molar-refractivity contribution in [1.29, 1.82) is 0 Å². The predicted molar refractivity (Wildman–Crippen MR) is 101 cm³/mol. The topological polar surface area (TPSA) is 79.6 Å². The van der Waals surface area contributed by atoms with Crippen LogP contribution in [0.25, 0.3) is 11.0 Å². The van der Waals surface area contributed by atoms with Crippen molar-refractivity contribution < 1.29 is 18.4 Å². The fourth-order valence-electron chi connectivity index (χ4n) is 3.29. The number of piperazine rings is 1. The molecule has 2 amide bonds. The highest BCUT2D eigenvalue weighted by Crippen LogP contribution is 2.26. The Bertz CT molecular complexity index is 1160. The van der Waals surface area contributed by atoms with E-state index in [9.17, 15) is 18.8 Å². The van der Waals surface area contributed by atoms with E-state index < -0.39 is 29.3 Å². The largest absolute Gasteiger partial charge is 0.422 e. The fourth-order valence-corrected chi connectivity index (χ4v) is 3.47. The summed E-state index contributed by atoms with van der Waals surface area (Å²) in [7, 11) is 0. The standard InChI is InChI=1S/C20H14ClFN2O4/c21-13-4-5-16-12(8-13)10-15(20(27)28-16)19(26)24-7-6-23-18(25)17(24)11-2-1-3-14(22)9-11/h1-5,8-10,17H,6-7H2,(H,23,25). The molecule has 0 spiro atoms. The van der Waals surface area contributed by atoms with Crippen LogP contribution in [0.15, 0.2) is 57.7 Å². The third kappa shape index (κ3) is 3.25. The van der Waals surface area contributed by atoms with E-state index in [2.05, 4.69) is 5.32 Å². The number of fused-ring (bicyclic) bond motifs is 1. The summed E-state index contributed by atoms with van der Waals surface area (Å²) in [4.78, 5) is 39.2. The second kappa shape index (κ2) is 7.09. The summed E-state index contributed by atoms with van der Waals surface area (Å²) in [6.07, 6.45) is 0. The molecule has 1 fully saturated rings. The minimum absolute atomic E-state index is 0.165. The number of amides is 2. The summed E-state index contributed by atoms with van der Waals surface area (Å²) >= 11 is 5.97. The summed E-state index contributed by atoms with van der Waals surface area (Å²) in [6.45, 7) is 0.389. The molecule has 0 bridgehead atoms. The molecule has 4 rings (SSSR count). The van der Waals surface area contributed by atoms with Gasteiger partial charge in [-0.3, -0.25) is 9.59 Å². The number of halogens is 2. The molecule has 2 aromatic carbocycles. The minimum atomic E-state index is -1.05. The van der Waals surface area contributed by atoms with Crippen LogP contribution < -0.4 is 10.9 Å². The lowest BCUT2D eigenvalue weighted by atomic mass is 10.0. The Morgan fingerprint density at radius 2 is 2.00 bits per heavy atom. The zero-order valence-corrected chi connectivity index (χ0v) is 15.2. The van der Waals surface area contributed by atoms with Crippen LogP contribution in [-0.2, 0) is 4.79 Å². The molecule has 1 N–H and O–H groups in total. The van der Waals surface area contributed by atoms with Gasteiger partial charge in [0.15, 0.2) is 0 Å². The second-order valence-corrected chi connectivity index (χ2v) is 6.81. The van der Waals surface area contributed by atoms with E-state index in [4.69, 9.17) is 16.0 Å². The molecule has 1 atom stereocenters. The molecule has 0 radical (unpaired) electrons. The first kappa shape index (κ1) is 18.2. The van der Waals surface area contributed by atoms with E-state index >= 15 is 0 Å². The van der Waals surface area contributed by atoms with Gasteiger partial charge in [0.05, 0.1) is 0 Å². The molecule has 1 aliphatic rings. The lowest BCUT2D eigenvalue weighted by Crippen LogP contribution is -2.52. The van der Waals surface area contributed by atoms with E-state index in [0.29, 0.717) is 21.6 Å². The smallest absolute Gasteiger partial charge is 0.349 e. The fraction of sp³-hybridized carbons (Fsp3) is 0.150. The highest BCUT2D eigenvalue weighted by Gasteiger charge is 2.36. The van der Waals surface area contributed by atoms with Crippen molar-refractivity contribution in [1.82, 2.24) is 10.2 Å². The molecule has 8 heteroatoms. The number of hydrogen-bond acceptors (Lipinski definition) is 4. The Balaban J connectivity index is 1.79. The van der Waals surface area contributed by atoms with Crippen LogP contribution >= 0.6 is 11.6 Å². The van der Waals surface area contributed by atoms with Gasteiger partial charge in [-0.1, -0.05) is 23.7 Å². The number of carbonyl (C=O) groups excluding carboxylic acids is 2. The monoisotopic (exact) mass is 400 g/mol. The van der Waals surface area contributed by atoms with Gasteiger partial charge in [0.1, 0.15) is 23.0 Å². The Hall–Kier alpha value is -3.19. The molecule has 1 saturated heterocycles. The first-order valence-corrected chi connectivity index (χ1v) is 8.89. The molecule has 1 unspecified atom stereocenters. The Morgan fingerprint density at radius 3 is 2.79 bits per heavy atom. The maximum atomic E-state index is 13.7. The number of nitrogens with zero attached hydrogens (tertiary/aromatic N) is 1. The van der Waals surface area contributed by atoms with E-state index in [1.807, 2.05) is 0 Å². The van der Waals surface area contributed by atoms with E-state index in [-0.39, 0.29) is 18.7 Å². The summed E-state index contributed by atoms with van der Waals surface area (Å²) in [5.74, 6) is -1.64. The van der Waals surface area contributed by atoms with Crippen LogP contribution in [0.5, 0.6) is 0 Å². The maximum absolute atomic E-state index is 13.7. The maximum Gasteiger partial charge on any atom is 0.349 e. The molecular weight excluding hydrogens is 387 g/mol. The van der Waals surface area contributed by atoms with Gasteiger partial charge in [-0.05, 0) is 42.0 Å². The lowest BCUT2D eigenvalue weighted by molar-refractivity contribution is -0.128. The van der Waals surface area contributed by atoms with Crippen LogP contribution in [0.4, 0.5) is 4.39 Å². The summed E-state index contributed by atoms with van der Waals surface area (Å²) < 4.78 is 18.9. The Labute approximate surface area is 163 Å². The summed E-state index contributed by atoms with van der Waals surface area (Å²) in [5.41, 5.74) is -0.419. The van der Waals surface area contributed by atoms with Crippen LogP contribution in [0.2, 0.25) is 5.02 Å². The third-order valence-electron chi connectivity index (χ3n) is 4.56. The third-order valence-corrected chi connectivity index (χ3v) is 4.80. The van der Waals surface area contributed by atoms with Crippen LogP contribution in [0, 0.1) is 5.82 Å². The molecule has 6 nitrogen and oxygen atoms in total. The number of nitrogens with one attached hydrogen (secondary N) is 1. The number of carbonyl (C=O) groups is 2. The van der Waals surface area contributed by atoms with Crippen molar-refractivity contribution in [2.45, 2.75) is 6.04 Å². The van der Waals surface area contributed by atoms with Crippen molar-refractivity contribution in [2.75, 3.05) is 13.1 Å². The van der Waals surface area contributed by atoms with Gasteiger partial charge in [0, 0.05) is 23.5 Å². The van der Waals surface area contributed by atoms with Crippen molar-refractivity contribution in [2.24, 2.45) is 0 Å². The average molecular weight is 401 g/mol. The first-order valence-electron chi connectivity index (χ1n) is 8.51. The summed E-state index contributed by atoms with van der Waals surface area (Å²) in [6, 6.07) is 10.5. The molecule has 2 heterocycles. The van der Waals surface area contributed by atoms with Gasteiger partial charge in [-0.2, -0.15) is 0 Å². The highest BCUT2D eigenvalue weighted by molar-refractivity contribution is 6.31. The molecule has 142 valence electrons. The van der Waals surface area contributed by atoms with Gasteiger partial charge >= 0.3 is 5.63 Å². The molecule has 1 aliphatic heterocycles. The molecule has 3 aromatic rings. The van der Waals surface area contributed by atoms with Crippen LogP contribution in [-0.4, -0.2) is 29.8 Å². The van der Waals surface area contributed by atoms with Gasteiger partial charge in [-0.25, -0.2) is 9.18 Å². The molecule has 1 aromatic heterocycles. The highest BCUT2D eigenvalue weighted by atomic mass is 35.5. The van der Waals surface area contributed by atoms with Gasteiger partial charge in [0.2, 0.25) is 5.91 Å². The Morgan fingerprint density at radius 1 is 1.18 bits per heavy atom. The quantitative estimate of drug-likeness (QED) is 0.671. The van der Waals surface area contributed by atoms with Crippen molar-refractivity contribution in [3.63, 3.8) is 0 Å². The van der Waals surface area contributed by atoms with Gasteiger partial charge in [0.25, 0.3) is 5.91 Å². The van der Waals surface area contributed by atoms with Crippen molar-refractivity contribution >= 4 is 34.4 Å². The second-order valence-electron chi connectivity index (χ2n) is 6.38. The molecule has 28 heavy (non-hydrogen) atoms. The normalized spacial score (nSPS) is 16.9. The zero-order chi connectivity index (χ0) is 19.8. The van der Waals surface area contributed by atoms with Crippen LogP contribution in [0.3, 0.4) is 0 Å². The predicted octanol–water partition coefficient (Wildman–Crippen LogP) is 2.90. The number of rotatable bonds is 2. The van der Waals surface area contributed by atoms with E-state index in [1.54, 1.807) is 18.2 Å². The Kier molecular flexibility index (Phi) is 4.60. The van der Waals surface area contributed by atoms with Gasteiger partial charge in [-0.15, -0.1) is 0 Å². The first-order chi connectivity index (χ1) is 13.4. The zero-order valence-electron chi connectivity index (χ0n) is 14.4. The van der Waals surface area contributed by atoms with Crippen molar-refractivity contribution in [3.8, 4) is 0 Å². The molecule has 0 saturated carbocycles. The minimum Gasteiger partial charge on any atom is -0.422 e. The summed E-state index contributed by atoms with van der Waals surface area (Å²) in [5, 5.41) is 3.57. The van der Waals surface area contributed by atoms with Gasteiger partial charge < -0.3 is 14.6 Å². The SMILES string of the molecule is O=C1NCCN(C(=O)c2cc3cc(Cl)ccc3oc2=O)C1c1cccc(F)c1. The molecule has 0 aliphatic carbocycles. The van der Waals surface area contributed by atoms with Crippen molar-refractivity contribution in [3.05, 3.63) is 80.9 Å². The number of hydrogen-bond donors (Lipinski definition) is 1. The number of benzene rings is 2. The lowest BCUT2D eigenvalue weighted by Gasteiger charge is -2.35. The molecular formula is C20H14ClFN2O4. The van der Waals surface area contributed by atoms with E-state index in [0.717, 1.165) is 0 Å². The van der Waals surface area contributed by atoms with Crippen LogP contribution in [0.1, 0.15) is 22.0 Å².